The van der Waals surface area contributed by atoms with Crippen LogP contribution in [0.1, 0.15) is 55.4 Å². The Morgan fingerprint density at radius 2 is 2.14 bits per heavy atom. The molecule has 5 aliphatic rings. The maximum absolute atomic E-state index is 14.0. The molecule has 0 radical (unpaired) electrons. The minimum absolute atomic E-state index is 0.0371. The lowest BCUT2D eigenvalue weighted by Gasteiger charge is -2.43. The number of nitrogens with two attached hydrogens (primary N) is 1. The number of nitrogens with zero attached hydrogens (tertiary/aromatic N) is 3. The number of methoxy groups -OCH3 is 1. The van der Waals surface area contributed by atoms with Crippen LogP contribution in [0.25, 0.3) is 11.3 Å². The smallest absolute Gasteiger partial charge is 0.272 e. The Morgan fingerprint density at radius 1 is 1.33 bits per heavy atom. The molecule has 3 aliphatic heterocycles. The van der Waals surface area contributed by atoms with Crippen LogP contribution >= 0.6 is 0 Å². The molecule has 194 valence electrons. The average molecular weight is 501 g/mol. The molecule has 2 saturated carbocycles. The second kappa shape index (κ2) is 9.44. The van der Waals surface area contributed by atoms with E-state index in [9.17, 15) is 14.0 Å². The minimum Gasteiger partial charge on any atom is -0.481 e. The normalized spacial score (nSPS) is 27.0. The summed E-state index contributed by atoms with van der Waals surface area (Å²) in [6.07, 6.45) is 9.31. The standard InChI is InChI=1S/C17H19FN4O2.C8H14N2O2/c1-24-15-8-11(12(18)10-19-15)13-9-14(21-20-13)16(23)22-7-3-2-4-17(22)5-6-17;9-3-8-1-7(2-8,5-12-8)4-10-6-11/h8-10H,2-7H2,1H3,(H,20,21);6H,1-5,9H2,(H,10,11). The Balaban J connectivity index is 0.000000186. The number of hydrogen-bond acceptors (Lipinski definition) is 7. The Morgan fingerprint density at radius 3 is 2.81 bits per heavy atom. The van der Waals surface area contributed by atoms with E-state index in [-0.39, 0.29) is 28.0 Å². The van der Waals surface area contributed by atoms with Crippen molar-refractivity contribution in [2.24, 2.45) is 11.1 Å². The van der Waals surface area contributed by atoms with E-state index >= 15 is 0 Å². The van der Waals surface area contributed by atoms with Gasteiger partial charge in [0.25, 0.3) is 5.91 Å². The molecule has 0 aromatic carbocycles. The van der Waals surface area contributed by atoms with Gasteiger partial charge in [-0.05, 0) is 51.0 Å². The first-order chi connectivity index (χ1) is 17.4. The third-order valence-corrected chi connectivity index (χ3v) is 8.05. The molecule has 2 bridgehead atoms. The predicted molar refractivity (Wildman–Crippen MR) is 129 cm³/mol. The Hall–Kier alpha value is -3.05. The van der Waals surface area contributed by atoms with Crippen molar-refractivity contribution in [2.75, 3.05) is 33.4 Å². The lowest BCUT2D eigenvalue weighted by atomic mass is 9.62. The van der Waals surface area contributed by atoms with Gasteiger partial charge in [0.1, 0.15) is 5.69 Å². The van der Waals surface area contributed by atoms with Gasteiger partial charge in [0.15, 0.2) is 5.82 Å². The fraction of sp³-hybridized carbons (Fsp3) is 0.600. The summed E-state index contributed by atoms with van der Waals surface area (Å²) < 4.78 is 24.6. The number of nitrogens with one attached hydrogen (secondary N) is 2. The van der Waals surface area contributed by atoms with Crippen LogP contribution in [0.4, 0.5) is 4.39 Å². The third kappa shape index (κ3) is 4.45. The molecule has 2 aromatic heterocycles. The van der Waals surface area contributed by atoms with Crippen LogP contribution in [0.5, 0.6) is 5.88 Å². The molecule has 2 aliphatic carbocycles. The Kier molecular flexibility index (Phi) is 6.46. The van der Waals surface area contributed by atoms with Gasteiger partial charge in [-0.3, -0.25) is 14.7 Å². The van der Waals surface area contributed by atoms with Crippen LogP contribution < -0.4 is 15.8 Å². The van der Waals surface area contributed by atoms with Gasteiger partial charge >= 0.3 is 0 Å². The van der Waals surface area contributed by atoms with Crippen LogP contribution in [0, 0.1) is 11.2 Å². The fourth-order valence-corrected chi connectivity index (χ4v) is 5.98. The maximum atomic E-state index is 14.0. The molecule has 4 N–H and O–H groups in total. The van der Waals surface area contributed by atoms with Crippen molar-refractivity contribution in [1.29, 1.82) is 0 Å². The highest BCUT2D eigenvalue weighted by atomic mass is 19.1. The first-order valence-corrected chi connectivity index (χ1v) is 12.5. The second-order valence-electron chi connectivity index (χ2n) is 10.5. The highest BCUT2D eigenvalue weighted by molar-refractivity contribution is 5.94. The van der Waals surface area contributed by atoms with Crippen molar-refractivity contribution in [2.45, 2.75) is 56.1 Å². The highest BCUT2D eigenvalue weighted by Crippen LogP contribution is 2.56. The summed E-state index contributed by atoms with van der Waals surface area (Å²) in [6.45, 7) is 2.88. The fourth-order valence-electron chi connectivity index (χ4n) is 5.98. The number of likely N-dealkylation sites (tertiary alicyclic amines) is 1. The van der Waals surface area contributed by atoms with Crippen LogP contribution in [-0.2, 0) is 9.53 Å². The van der Waals surface area contributed by atoms with Crippen LogP contribution in [0.2, 0.25) is 0 Å². The van der Waals surface area contributed by atoms with Gasteiger partial charge in [-0.1, -0.05) is 0 Å². The van der Waals surface area contributed by atoms with E-state index in [1.165, 1.54) is 19.6 Å². The van der Waals surface area contributed by atoms with Crippen molar-refractivity contribution in [3.8, 4) is 17.1 Å². The topological polar surface area (TPSA) is 135 Å². The zero-order valence-corrected chi connectivity index (χ0v) is 20.5. The lowest BCUT2D eigenvalue weighted by molar-refractivity contribution is -0.110. The highest BCUT2D eigenvalue weighted by Gasteiger charge is 2.61. The number of rotatable bonds is 7. The second-order valence-corrected chi connectivity index (χ2v) is 10.5. The van der Waals surface area contributed by atoms with Gasteiger partial charge in [0.05, 0.1) is 31.2 Å². The molecule has 3 saturated heterocycles. The molecule has 0 unspecified atom stereocenters. The molecule has 11 heteroatoms. The number of carbonyl (C=O) groups is 2. The number of carbonyl (C=O) groups excluding carboxylic acids is 2. The quantitative estimate of drug-likeness (QED) is 0.495. The van der Waals surface area contributed by atoms with Gasteiger partial charge in [-0.2, -0.15) is 5.10 Å². The van der Waals surface area contributed by atoms with Crippen molar-refractivity contribution < 1.29 is 23.5 Å². The number of piperidine rings is 1. The SMILES string of the molecule is COc1cc(-c2cc(C(=O)N3CCCCC34CC4)[nH]n2)c(F)cn1.NCC12CC(CNC=O)(CO1)C2. The van der Waals surface area contributed by atoms with Crippen molar-refractivity contribution in [3.05, 3.63) is 29.8 Å². The summed E-state index contributed by atoms with van der Waals surface area (Å²) in [5.74, 6) is -0.249. The molecule has 10 nitrogen and oxygen atoms in total. The minimum atomic E-state index is -0.502. The van der Waals surface area contributed by atoms with Crippen LogP contribution in [0.15, 0.2) is 18.3 Å². The van der Waals surface area contributed by atoms with Gasteiger partial charge in [0, 0.05) is 42.2 Å². The molecule has 2 aromatic rings. The maximum Gasteiger partial charge on any atom is 0.272 e. The van der Waals surface area contributed by atoms with E-state index in [1.54, 1.807) is 6.07 Å². The summed E-state index contributed by atoms with van der Waals surface area (Å²) >= 11 is 0. The number of fused-ring (bicyclic) bond motifs is 1. The molecule has 5 heterocycles. The number of halogens is 1. The molecule has 0 atom stereocenters. The van der Waals surface area contributed by atoms with Crippen molar-refractivity contribution in [1.82, 2.24) is 25.4 Å². The molecule has 1 spiro atoms. The molecule has 7 rings (SSSR count). The molecular weight excluding hydrogens is 467 g/mol. The van der Waals surface area contributed by atoms with Gasteiger partial charge in [-0.25, -0.2) is 9.37 Å². The summed E-state index contributed by atoms with van der Waals surface area (Å²) in [7, 11) is 1.47. The number of ether oxygens (including phenoxy) is 2. The van der Waals surface area contributed by atoms with E-state index in [2.05, 4.69) is 20.5 Å². The van der Waals surface area contributed by atoms with Crippen molar-refractivity contribution in [3.63, 3.8) is 0 Å². The largest absolute Gasteiger partial charge is 0.481 e. The van der Waals surface area contributed by atoms with Gasteiger partial charge < -0.3 is 25.4 Å². The van der Waals surface area contributed by atoms with E-state index in [0.29, 0.717) is 23.8 Å². The number of hydrogen-bond donors (Lipinski definition) is 3. The first-order valence-electron chi connectivity index (χ1n) is 12.5. The number of aromatic amines is 1. The van der Waals surface area contributed by atoms with E-state index in [1.807, 2.05) is 4.90 Å². The number of amides is 2. The van der Waals surface area contributed by atoms with E-state index in [0.717, 1.165) is 70.8 Å². The summed E-state index contributed by atoms with van der Waals surface area (Å²) in [5, 5.41) is 9.58. The van der Waals surface area contributed by atoms with Gasteiger partial charge in [0.2, 0.25) is 12.3 Å². The number of H-pyrrole nitrogens is 1. The predicted octanol–water partition coefficient (Wildman–Crippen LogP) is 2.02. The summed E-state index contributed by atoms with van der Waals surface area (Å²) in [6, 6.07) is 3.08. The number of aromatic nitrogens is 3. The zero-order chi connectivity index (χ0) is 25.4. The van der Waals surface area contributed by atoms with E-state index in [4.69, 9.17) is 15.2 Å². The Bertz CT molecular complexity index is 1130. The Labute approximate surface area is 209 Å². The zero-order valence-electron chi connectivity index (χ0n) is 20.5. The number of pyridine rings is 1. The average Bonchev–Trinajstić information content (AvgIpc) is 3.24. The van der Waals surface area contributed by atoms with Gasteiger partial charge in [-0.15, -0.1) is 0 Å². The summed E-state index contributed by atoms with van der Waals surface area (Å²) in [4.78, 5) is 28.7. The lowest BCUT2D eigenvalue weighted by Crippen LogP contribution is -2.52. The molecular formula is C25H33FN6O4. The third-order valence-electron chi connectivity index (χ3n) is 8.05. The molecule has 5 fully saturated rings. The molecule has 2 amide bonds. The van der Waals surface area contributed by atoms with Crippen LogP contribution in [-0.4, -0.2) is 76.9 Å². The molecule has 36 heavy (non-hydrogen) atoms. The van der Waals surface area contributed by atoms with E-state index < -0.39 is 5.82 Å². The first kappa shape index (κ1) is 24.6. The van der Waals surface area contributed by atoms with Crippen molar-refractivity contribution >= 4 is 12.3 Å². The summed E-state index contributed by atoms with van der Waals surface area (Å²) in [5.41, 5.74) is 6.84. The monoisotopic (exact) mass is 500 g/mol. The van der Waals surface area contributed by atoms with Crippen LogP contribution in [0.3, 0.4) is 0 Å².